The average molecular weight is 280 g/mol. The molecule has 1 aliphatic heterocycles. The molecule has 0 bridgehead atoms. The summed E-state index contributed by atoms with van der Waals surface area (Å²) in [5.74, 6) is 2.12. The van der Waals surface area contributed by atoms with E-state index < -0.39 is 0 Å². The molecule has 0 saturated carbocycles. The van der Waals surface area contributed by atoms with Gasteiger partial charge in [0.25, 0.3) is 0 Å². The van der Waals surface area contributed by atoms with Crippen LogP contribution in [0, 0.1) is 0 Å². The lowest BCUT2D eigenvalue weighted by Crippen LogP contribution is -2.42. The van der Waals surface area contributed by atoms with Crippen molar-refractivity contribution in [3.8, 4) is 5.75 Å². The highest BCUT2D eigenvalue weighted by atomic mass is 32.2. The minimum atomic E-state index is 0.310. The summed E-state index contributed by atoms with van der Waals surface area (Å²) in [6.45, 7) is 5.19. The van der Waals surface area contributed by atoms with Gasteiger partial charge in [-0.05, 0) is 24.1 Å². The van der Waals surface area contributed by atoms with E-state index in [9.17, 15) is 0 Å². The Morgan fingerprint density at radius 1 is 1.53 bits per heavy atom. The molecule has 1 aromatic carbocycles. The molecule has 1 aromatic rings. The second-order valence-corrected chi connectivity index (χ2v) is 6.33. The third-order valence-corrected chi connectivity index (χ3v) is 5.14. The van der Waals surface area contributed by atoms with Crippen molar-refractivity contribution >= 4 is 11.8 Å². The predicted molar refractivity (Wildman–Crippen MR) is 82.9 cm³/mol. The van der Waals surface area contributed by atoms with Gasteiger partial charge in [0.2, 0.25) is 0 Å². The third kappa shape index (κ3) is 3.65. The van der Waals surface area contributed by atoms with Crippen molar-refractivity contribution in [1.82, 2.24) is 4.90 Å². The molecule has 0 aliphatic carbocycles. The summed E-state index contributed by atoms with van der Waals surface area (Å²) in [5.41, 5.74) is 7.29. The van der Waals surface area contributed by atoms with Crippen LogP contribution in [0.5, 0.6) is 5.75 Å². The van der Waals surface area contributed by atoms with Gasteiger partial charge in [0.05, 0.1) is 7.11 Å². The second kappa shape index (κ2) is 7.17. The molecule has 1 fully saturated rings. The standard InChI is InChI=1S/C15H24N2OS/c1-3-14-11-17(7-8-19-14)15(10-16)12-5-4-6-13(9-12)18-2/h4-6,9,14-15H,3,7-8,10-11,16H2,1-2H3. The number of methoxy groups -OCH3 is 1. The van der Waals surface area contributed by atoms with E-state index in [4.69, 9.17) is 10.5 Å². The van der Waals surface area contributed by atoms with Crippen LogP contribution in [0.15, 0.2) is 24.3 Å². The molecule has 0 aromatic heterocycles. The zero-order valence-electron chi connectivity index (χ0n) is 11.8. The zero-order chi connectivity index (χ0) is 13.7. The van der Waals surface area contributed by atoms with Gasteiger partial charge in [-0.3, -0.25) is 4.90 Å². The van der Waals surface area contributed by atoms with E-state index in [1.54, 1.807) is 7.11 Å². The zero-order valence-corrected chi connectivity index (χ0v) is 12.7. The molecular formula is C15H24N2OS. The number of benzene rings is 1. The minimum absolute atomic E-state index is 0.310. The van der Waals surface area contributed by atoms with Crippen molar-refractivity contribution in [3.05, 3.63) is 29.8 Å². The Balaban J connectivity index is 2.13. The molecule has 2 atom stereocenters. The molecule has 19 heavy (non-hydrogen) atoms. The van der Waals surface area contributed by atoms with E-state index in [1.165, 1.54) is 17.7 Å². The molecular weight excluding hydrogens is 256 g/mol. The first-order valence-corrected chi connectivity index (χ1v) is 8.03. The van der Waals surface area contributed by atoms with Crippen molar-refractivity contribution in [2.45, 2.75) is 24.6 Å². The second-order valence-electron chi connectivity index (χ2n) is 4.92. The van der Waals surface area contributed by atoms with Crippen LogP contribution in [0.2, 0.25) is 0 Å². The van der Waals surface area contributed by atoms with Crippen molar-refractivity contribution in [2.75, 3.05) is 32.5 Å². The first kappa shape index (κ1) is 14.7. The summed E-state index contributed by atoms with van der Waals surface area (Å²) >= 11 is 2.09. The third-order valence-electron chi connectivity index (χ3n) is 3.77. The van der Waals surface area contributed by atoms with E-state index in [1.807, 2.05) is 12.1 Å². The molecule has 0 amide bonds. The van der Waals surface area contributed by atoms with Gasteiger partial charge in [0, 0.05) is 36.7 Å². The first-order valence-electron chi connectivity index (χ1n) is 6.98. The summed E-state index contributed by atoms with van der Waals surface area (Å²) in [6.07, 6.45) is 1.23. The number of nitrogens with two attached hydrogens (primary N) is 1. The average Bonchev–Trinajstić information content (AvgIpc) is 2.48. The summed E-state index contributed by atoms with van der Waals surface area (Å²) in [5, 5.41) is 0.744. The molecule has 2 unspecified atom stereocenters. The molecule has 0 spiro atoms. The number of rotatable bonds is 5. The molecule has 3 nitrogen and oxygen atoms in total. The quantitative estimate of drug-likeness (QED) is 0.899. The van der Waals surface area contributed by atoms with Crippen molar-refractivity contribution in [3.63, 3.8) is 0 Å². The highest BCUT2D eigenvalue weighted by Crippen LogP contribution is 2.29. The van der Waals surface area contributed by atoms with Crippen LogP contribution in [-0.4, -0.2) is 42.6 Å². The smallest absolute Gasteiger partial charge is 0.119 e. The van der Waals surface area contributed by atoms with Crippen LogP contribution >= 0.6 is 11.8 Å². The van der Waals surface area contributed by atoms with Crippen molar-refractivity contribution in [2.24, 2.45) is 5.73 Å². The van der Waals surface area contributed by atoms with Gasteiger partial charge in [0.1, 0.15) is 5.75 Å². The van der Waals surface area contributed by atoms with E-state index in [2.05, 4.69) is 35.7 Å². The Kier molecular flexibility index (Phi) is 5.55. The Labute approximate surface area is 120 Å². The van der Waals surface area contributed by atoms with E-state index in [-0.39, 0.29) is 0 Å². The molecule has 106 valence electrons. The molecule has 1 saturated heterocycles. The Morgan fingerprint density at radius 3 is 3.05 bits per heavy atom. The fourth-order valence-electron chi connectivity index (χ4n) is 2.62. The van der Waals surface area contributed by atoms with Gasteiger partial charge < -0.3 is 10.5 Å². The Morgan fingerprint density at radius 2 is 2.37 bits per heavy atom. The predicted octanol–water partition coefficient (Wildman–Crippen LogP) is 2.52. The van der Waals surface area contributed by atoms with Gasteiger partial charge in [-0.2, -0.15) is 11.8 Å². The van der Waals surface area contributed by atoms with Gasteiger partial charge in [-0.15, -0.1) is 0 Å². The normalized spacial score (nSPS) is 22.2. The molecule has 4 heteroatoms. The Bertz CT molecular complexity index is 399. The lowest BCUT2D eigenvalue weighted by atomic mass is 10.0. The number of ether oxygens (including phenoxy) is 1. The summed E-state index contributed by atoms with van der Waals surface area (Å²) < 4.78 is 5.32. The van der Waals surface area contributed by atoms with Gasteiger partial charge >= 0.3 is 0 Å². The maximum Gasteiger partial charge on any atom is 0.119 e. The van der Waals surface area contributed by atoms with Crippen LogP contribution in [0.3, 0.4) is 0 Å². The van der Waals surface area contributed by atoms with Gasteiger partial charge in [-0.1, -0.05) is 19.1 Å². The number of hydrogen-bond donors (Lipinski definition) is 1. The van der Waals surface area contributed by atoms with Crippen LogP contribution in [0.4, 0.5) is 0 Å². The lowest BCUT2D eigenvalue weighted by molar-refractivity contribution is 0.207. The molecule has 1 heterocycles. The fourth-order valence-corrected chi connectivity index (χ4v) is 3.82. The maximum atomic E-state index is 6.02. The first-order chi connectivity index (χ1) is 9.28. The van der Waals surface area contributed by atoms with Crippen molar-refractivity contribution < 1.29 is 4.74 Å². The molecule has 2 rings (SSSR count). The monoisotopic (exact) mass is 280 g/mol. The van der Waals surface area contributed by atoms with Crippen LogP contribution in [0.25, 0.3) is 0 Å². The minimum Gasteiger partial charge on any atom is -0.497 e. The van der Waals surface area contributed by atoms with Crippen LogP contribution in [-0.2, 0) is 0 Å². The van der Waals surface area contributed by atoms with E-state index >= 15 is 0 Å². The summed E-state index contributed by atoms with van der Waals surface area (Å²) in [4.78, 5) is 2.53. The van der Waals surface area contributed by atoms with Crippen molar-refractivity contribution in [1.29, 1.82) is 0 Å². The maximum absolute atomic E-state index is 6.02. The summed E-state index contributed by atoms with van der Waals surface area (Å²) in [7, 11) is 1.71. The largest absolute Gasteiger partial charge is 0.497 e. The van der Waals surface area contributed by atoms with Gasteiger partial charge in [-0.25, -0.2) is 0 Å². The Hall–Kier alpha value is -0.710. The molecule has 2 N–H and O–H groups in total. The van der Waals surface area contributed by atoms with E-state index in [0.717, 1.165) is 24.1 Å². The van der Waals surface area contributed by atoms with E-state index in [0.29, 0.717) is 12.6 Å². The van der Waals surface area contributed by atoms with Crippen LogP contribution < -0.4 is 10.5 Å². The number of nitrogens with zero attached hydrogens (tertiary/aromatic N) is 1. The van der Waals surface area contributed by atoms with Gasteiger partial charge in [0.15, 0.2) is 0 Å². The highest BCUT2D eigenvalue weighted by molar-refractivity contribution is 8.00. The number of thioether (sulfide) groups is 1. The molecule has 1 aliphatic rings. The lowest BCUT2D eigenvalue weighted by Gasteiger charge is -2.37. The van der Waals surface area contributed by atoms with Crippen LogP contribution in [0.1, 0.15) is 24.9 Å². The SMILES string of the molecule is CCC1CN(C(CN)c2cccc(OC)c2)CCS1. The molecule has 0 radical (unpaired) electrons. The topological polar surface area (TPSA) is 38.5 Å². The fraction of sp³-hybridized carbons (Fsp3) is 0.600. The number of hydrogen-bond acceptors (Lipinski definition) is 4. The summed E-state index contributed by atoms with van der Waals surface area (Å²) in [6, 6.07) is 8.61. The highest BCUT2D eigenvalue weighted by Gasteiger charge is 2.25.